The fraction of sp³-hybridized carbons (Fsp3) is 0.562. The van der Waals surface area contributed by atoms with Gasteiger partial charge in [0, 0.05) is 10.8 Å². The number of aryl methyl sites for hydroxylation is 2. The van der Waals surface area contributed by atoms with E-state index in [-0.39, 0.29) is 17.5 Å². The van der Waals surface area contributed by atoms with E-state index in [0.717, 1.165) is 41.7 Å². The van der Waals surface area contributed by atoms with Crippen LogP contribution >= 0.6 is 0 Å². The number of carbonyl (C=O) groups excluding carboxylic acids is 1. The lowest BCUT2D eigenvalue weighted by atomic mass is 9.87. The molecule has 1 aliphatic rings. The number of benzene rings is 1. The Hall–Kier alpha value is -0.960. The second kappa shape index (κ2) is 6.47. The maximum absolute atomic E-state index is 12.3. The van der Waals surface area contributed by atoms with Crippen molar-refractivity contribution < 1.29 is 9.00 Å². The number of ketones is 1. The van der Waals surface area contributed by atoms with Crippen LogP contribution in [0.3, 0.4) is 0 Å². The van der Waals surface area contributed by atoms with E-state index < -0.39 is 10.8 Å². The predicted molar refractivity (Wildman–Crippen MR) is 78.8 cm³/mol. The van der Waals surface area contributed by atoms with Crippen molar-refractivity contribution >= 4 is 16.6 Å². The molecule has 19 heavy (non-hydrogen) atoms. The average Bonchev–Trinajstić information content (AvgIpc) is 2.39. The molecule has 2 rings (SSSR count). The summed E-state index contributed by atoms with van der Waals surface area (Å²) >= 11 is 0. The van der Waals surface area contributed by atoms with Gasteiger partial charge in [-0.05, 0) is 38.3 Å². The van der Waals surface area contributed by atoms with E-state index in [1.54, 1.807) is 0 Å². The van der Waals surface area contributed by atoms with E-state index in [9.17, 15) is 9.00 Å². The Kier molecular flexibility index (Phi) is 4.92. The van der Waals surface area contributed by atoms with E-state index in [1.807, 2.05) is 32.0 Å². The summed E-state index contributed by atoms with van der Waals surface area (Å²) in [6.07, 6.45) is 5.51. The van der Waals surface area contributed by atoms with Gasteiger partial charge in [-0.15, -0.1) is 0 Å². The van der Waals surface area contributed by atoms with Crippen molar-refractivity contribution in [3.63, 3.8) is 0 Å². The van der Waals surface area contributed by atoms with Crippen LogP contribution in [0.2, 0.25) is 0 Å². The summed E-state index contributed by atoms with van der Waals surface area (Å²) in [4.78, 5) is 13.0. The zero-order chi connectivity index (χ0) is 13.8. The molecule has 1 saturated carbocycles. The monoisotopic (exact) mass is 278 g/mol. The molecule has 0 heterocycles. The van der Waals surface area contributed by atoms with Gasteiger partial charge in [-0.1, -0.05) is 37.0 Å². The largest absolute Gasteiger partial charge is 0.298 e. The van der Waals surface area contributed by atoms with Crippen LogP contribution in [0, 0.1) is 19.8 Å². The molecule has 1 fully saturated rings. The van der Waals surface area contributed by atoms with Crippen LogP contribution in [-0.2, 0) is 15.6 Å². The van der Waals surface area contributed by atoms with Gasteiger partial charge in [0.15, 0.2) is 0 Å². The molecular weight excluding hydrogens is 256 g/mol. The standard InChI is InChI=1S/C16H22O2S/c1-12-8-9-16(13(2)10-12)19(18)11-15(17)14-6-4-3-5-7-14/h8-10,14H,3-7,11H2,1-2H3. The second-order valence-corrected chi connectivity index (χ2v) is 6.98. The van der Waals surface area contributed by atoms with Crippen molar-refractivity contribution in [3.05, 3.63) is 29.3 Å². The first-order valence-electron chi connectivity index (χ1n) is 7.06. The molecule has 0 bridgehead atoms. The van der Waals surface area contributed by atoms with Crippen molar-refractivity contribution in [2.24, 2.45) is 5.92 Å². The Morgan fingerprint density at radius 2 is 1.89 bits per heavy atom. The molecule has 0 spiro atoms. The van der Waals surface area contributed by atoms with E-state index in [0.29, 0.717) is 0 Å². The highest BCUT2D eigenvalue weighted by atomic mass is 32.2. The average molecular weight is 278 g/mol. The summed E-state index contributed by atoms with van der Waals surface area (Å²) in [6.45, 7) is 3.98. The minimum absolute atomic E-state index is 0.156. The van der Waals surface area contributed by atoms with Crippen molar-refractivity contribution in [3.8, 4) is 0 Å². The Bertz CT molecular complexity index is 488. The fourth-order valence-electron chi connectivity index (χ4n) is 2.80. The lowest BCUT2D eigenvalue weighted by Crippen LogP contribution is -2.23. The normalized spacial score (nSPS) is 18.2. The number of Topliss-reactive ketones (excluding diaryl/α,β-unsaturated/α-hetero) is 1. The van der Waals surface area contributed by atoms with Gasteiger partial charge >= 0.3 is 0 Å². The van der Waals surface area contributed by atoms with Crippen LogP contribution in [0.1, 0.15) is 43.2 Å². The highest BCUT2D eigenvalue weighted by Gasteiger charge is 2.23. The van der Waals surface area contributed by atoms with E-state index in [2.05, 4.69) is 0 Å². The second-order valence-electron chi connectivity index (χ2n) is 5.56. The quantitative estimate of drug-likeness (QED) is 0.844. The molecule has 0 saturated heterocycles. The summed E-state index contributed by atoms with van der Waals surface area (Å²) < 4.78 is 12.3. The SMILES string of the molecule is Cc1ccc(S(=O)CC(=O)C2CCCCC2)c(C)c1. The highest BCUT2D eigenvalue weighted by Crippen LogP contribution is 2.25. The predicted octanol–water partition coefficient (Wildman–Crippen LogP) is 3.56. The van der Waals surface area contributed by atoms with Crippen LogP contribution in [0.5, 0.6) is 0 Å². The van der Waals surface area contributed by atoms with Gasteiger partial charge in [0.25, 0.3) is 0 Å². The Morgan fingerprint density at radius 3 is 2.53 bits per heavy atom. The fourth-order valence-corrected chi connectivity index (χ4v) is 4.09. The maximum atomic E-state index is 12.3. The van der Waals surface area contributed by atoms with Gasteiger partial charge in [-0.3, -0.25) is 9.00 Å². The summed E-state index contributed by atoms with van der Waals surface area (Å²) in [6, 6.07) is 5.89. The molecule has 1 unspecified atom stereocenters. The molecule has 1 aromatic carbocycles. The zero-order valence-electron chi connectivity index (χ0n) is 11.8. The number of carbonyl (C=O) groups is 1. The first-order valence-corrected chi connectivity index (χ1v) is 8.38. The van der Waals surface area contributed by atoms with Crippen LogP contribution in [0.4, 0.5) is 0 Å². The molecule has 2 nitrogen and oxygen atoms in total. The number of rotatable bonds is 4. The van der Waals surface area contributed by atoms with Crippen molar-refractivity contribution in [2.45, 2.75) is 50.8 Å². The molecular formula is C16H22O2S. The van der Waals surface area contributed by atoms with Crippen LogP contribution < -0.4 is 0 Å². The van der Waals surface area contributed by atoms with Crippen molar-refractivity contribution in [1.29, 1.82) is 0 Å². The summed E-state index contributed by atoms with van der Waals surface area (Å²) in [5.74, 6) is 0.538. The molecule has 0 amide bonds. The molecule has 0 aliphatic heterocycles. The summed E-state index contributed by atoms with van der Waals surface area (Å²) in [7, 11) is -1.18. The highest BCUT2D eigenvalue weighted by molar-refractivity contribution is 7.85. The zero-order valence-corrected chi connectivity index (χ0v) is 12.6. The van der Waals surface area contributed by atoms with Gasteiger partial charge in [0.05, 0.1) is 16.6 Å². The lowest BCUT2D eigenvalue weighted by molar-refractivity contribution is -0.121. The van der Waals surface area contributed by atoms with Crippen molar-refractivity contribution in [1.82, 2.24) is 0 Å². The van der Waals surface area contributed by atoms with Crippen LogP contribution in [-0.4, -0.2) is 15.7 Å². The third-order valence-corrected chi connectivity index (χ3v) is 5.40. The smallest absolute Gasteiger partial charge is 0.148 e. The molecule has 1 atom stereocenters. The Morgan fingerprint density at radius 1 is 1.21 bits per heavy atom. The van der Waals surface area contributed by atoms with Gasteiger partial charge in [-0.25, -0.2) is 0 Å². The lowest BCUT2D eigenvalue weighted by Gasteiger charge is -2.20. The van der Waals surface area contributed by atoms with Crippen molar-refractivity contribution in [2.75, 3.05) is 5.75 Å². The number of hydrogen-bond donors (Lipinski definition) is 0. The first-order chi connectivity index (χ1) is 9.08. The van der Waals surface area contributed by atoms with Gasteiger partial charge in [-0.2, -0.15) is 0 Å². The molecule has 1 aromatic rings. The molecule has 0 aromatic heterocycles. The van der Waals surface area contributed by atoms with Gasteiger partial charge in [0.2, 0.25) is 0 Å². The Balaban J connectivity index is 2.02. The minimum Gasteiger partial charge on any atom is -0.298 e. The molecule has 104 valence electrons. The van der Waals surface area contributed by atoms with Crippen LogP contribution in [0.25, 0.3) is 0 Å². The minimum atomic E-state index is -1.18. The molecule has 0 N–H and O–H groups in total. The van der Waals surface area contributed by atoms with Gasteiger partial charge in [0.1, 0.15) is 5.78 Å². The topological polar surface area (TPSA) is 34.1 Å². The maximum Gasteiger partial charge on any atom is 0.148 e. The molecule has 0 radical (unpaired) electrons. The number of hydrogen-bond acceptors (Lipinski definition) is 2. The van der Waals surface area contributed by atoms with E-state index >= 15 is 0 Å². The van der Waals surface area contributed by atoms with E-state index in [4.69, 9.17) is 0 Å². The van der Waals surface area contributed by atoms with Gasteiger partial charge < -0.3 is 0 Å². The van der Waals surface area contributed by atoms with Crippen LogP contribution in [0.15, 0.2) is 23.1 Å². The molecule has 1 aliphatic carbocycles. The summed E-state index contributed by atoms with van der Waals surface area (Å²) in [5, 5.41) is 0. The van der Waals surface area contributed by atoms with E-state index in [1.165, 1.54) is 6.42 Å². The third-order valence-electron chi connectivity index (χ3n) is 3.91. The third kappa shape index (κ3) is 3.75. The first kappa shape index (κ1) is 14.4. The Labute approximate surface area is 118 Å². The summed E-state index contributed by atoms with van der Waals surface area (Å²) in [5.41, 5.74) is 2.19. The molecule has 3 heteroatoms.